The maximum atomic E-state index is 11.7. The van der Waals surface area contributed by atoms with E-state index in [9.17, 15) is 4.79 Å². The van der Waals surface area contributed by atoms with E-state index >= 15 is 0 Å². The maximum Gasteiger partial charge on any atom is 0.243 e. The fourth-order valence-corrected chi connectivity index (χ4v) is 1.73. The second kappa shape index (κ2) is 7.78. The number of imidazole rings is 1. The van der Waals surface area contributed by atoms with Crippen molar-refractivity contribution in [2.24, 2.45) is 7.05 Å². The zero-order valence-electron chi connectivity index (χ0n) is 10.8. The first-order valence-electron chi connectivity index (χ1n) is 5.97. The van der Waals surface area contributed by atoms with Gasteiger partial charge in [0.05, 0.1) is 13.6 Å². The molecule has 2 rings (SSSR count). The average Bonchev–Trinajstić information content (AvgIpc) is 2.98. The Morgan fingerprint density at radius 1 is 1.32 bits per heavy atom. The molecule has 2 aromatic rings. The van der Waals surface area contributed by atoms with E-state index in [-0.39, 0.29) is 22.8 Å². The average molecular weight is 329 g/mol. The number of hydrogen-bond acceptors (Lipinski definition) is 4. The van der Waals surface area contributed by atoms with Crippen molar-refractivity contribution in [2.45, 2.75) is 32.4 Å². The minimum absolute atomic E-state index is 0. The Bertz CT molecular complexity index is 495. The van der Waals surface area contributed by atoms with E-state index in [2.05, 4.69) is 15.5 Å². The van der Waals surface area contributed by atoms with E-state index in [0.717, 1.165) is 13.0 Å². The summed E-state index contributed by atoms with van der Waals surface area (Å²) in [4.78, 5) is 11.7. The van der Waals surface area contributed by atoms with Crippen LogP contribution in [0.2, 0.25) is 0 Å². The van der Waals surface area contributed by atoms with Gasteiger partial charge >= 0.3 is 0 Å². The third kappa shape index (κ3) is 5.29. The molecule has 0 radical (unpaired) electrons. The molecule has 2 aromatic heterocycles. The van der Waals surface area contributed by atoms with Gasteiger partial charge in [0.15, 0.2) is 0 Å². The number of Topliss-reactive ketones (excluding diaryl/α,β-unsaturated/α-hetero) is 1. The number of aryl methyl sites for hydroxylation is 3. The van der Waals surface area contributed by atoms with Crippen molar-refractivity contribution in [1.82, 2.24) is 24.8 Å². The summed E-state index contributed by atoms with van der Waals surface area (Å²) in [5.41, 5.74) is 0. The smallest absolute Gasteiger partial charge is 0.243 e. The molecule has 8 heteroatoms. The van der Waals surface area contributed by atoms with Crippen LogP contribution in [0.1, 0.15) is 19.3 Å². The van der Waals surface area contributed by atoms with Gasteiger partial charge in [-0.25, -0.2) is 13.8 Å². The van der Waals surface area contributed by atoms with E-state index < -0.39 is 0 Å². The van der Waals surface area contributed by atoms with Gasteiger partial charge in [-0.3, -0.25) is 4.79 Å². The quantitative estimate of drug-likeness (QED) is 0.500. The van der Waals surface area contributed by atoms with Gasteiger partial charge < -0.3 is 17.0 Å². The monoisotopic (exact) mass is 328 g/mol. The van der Waals surface area contributed by atoms with Crippen molar-refractivity contribution < 1.29 is 26.3 Å². The van der Waals surface area contributed by atoms with Crippen molar-refractivity contribution in [3.05, 3.63) is 25.0 Å². The van der Waals surface area contributed by atoms with Crippen molar-refractivity contribution in [3.63, 3.8) is 0 Å². The van der Waals surface area contributed by atoms with Gasteiger partial charge in [-0.05, 0) is 16.8 Å². The Labute approximate surface area is 122 Å². The van der Waals surface area contributed by atoms with Crippen LogP contribution in [0.3, 0.4) is 0 Å². The zero-order chi connectivity index (χ0) is 12.8. The lowest BCUT2D eigenvalue weighted by Gasteiger charge is -1.99. The molecular formula is C11H17BrN6O. The maximum absolute atomic E-state index is 11.7. The molecule has 104 valence electrons. The molecule has 19 heavy (non-hydrogen) atoms. The van der Waals surface area contributed by atoms with Gasteiger partial charge in [-0.15, -0.1) is 5.10 Å². The molecule has 0 fully saturated rings. The fraction of sp³-hybridized carbons (Fsp3) is 0.545. The molecule has 0 atom stereocenters. The minimum Gasteiger partial charge on any atom is -1.00 e. The van der Waals surface area contributed by atoms with Crippen molar-refractivity contribution in [1.29, 1.82) is 0 Å². The van der Waals surface area contributed by atoms with Gasteiger partial charge in [-0.1, -0.05) is 0 Å². The predicted octanol–water partition coefficient (Wildman–Crippen LogP) is -3.26. The number of nitrogens with zero attached hydrogens (tertiary/aromatic N) is 6. The van der Waals surface area contributed by atoms with Crippen LogP contribution in [0.4, 0.5) is 0 Å². The standard InChI is InChI=1S/C11H17N6O.BrH/c1-15-7-8-16(10-15)6-4-11(18)3-2-5-17-9-12-13-14-17;/h7-10H,2-6H2,1H3;1H/q+1;/p-1. The van der Waals surface area contributed by atoms with Gasteiger partial charge in [0.1, 0.15) is 24.5 Å². The number of aromatic nitrogens is 6. The molecule has 0 amide bonds. The van der Waals surface area contributed by atoms with Crippen molar-refractivity contribution in [2.75, 3.05) is 0 Å². The number of carbonyl (C=O) groups is 1. The molecule has 0 aromatic carbocycles. The minimum atomic E-state index is 0. The Kier molecular flexibility index (Phi) is 6.34. The lowest BCUT2D eigenvalue weighted by atomic mass is 10.1. The van der Waals surface area contributed by atoms with Crippen LogP contribution in [-0.4, -0.2) is 30.6 Å². The summed E-state index contributed by atoms with van der Waals surface area (Å²) < 4.78 is 5.61. The van der Waals surface area contributed by atoms with E-state index in [1.54, 1.807) is 11.0 Å². The highest BCUT2D eigenvalue weighted by molar-refractivity contribution is 5.78. The lowest BCUT2D eigenvalue weighted by molar-refractivity contribution is -0.671. The molecule has 0 aliphatic rings. The summed E-state index contributed by atoms with van der Waals surface area (Å²) in [5.74, 6) is 0.277. The van der Waals surface area contributed by atoms with Gasteiger partial charge in [0.25, 0.3) is 0 Å². The number of tetrazole rings is 1. The van der Waals surface area contributed by atoms with Gasteiger partial charge in [0.2, 0.25) is 6.33 Å². The molecule has 0 N–H and O–H groups in total. The summed E-state index contributed by atoms with van der Waals surface area (Å²) >= 11 is 0. The fourth-order valence-electron chi connectivity index (χ4n) is 1.73. The number of carbonyl (C=O) groups excluding carboxylic acids is 1. The Hall–Kier alpha value is -1.57. The number of rotatable bonds is 7. The molecule has 2 heterocycles. The number of hydrogen-bond donors (Lipinski definition) is 0. The van der Waals surface area contributed by atoms with Crippen LogP contribution in [-0.2, 0) is 24.9 Å². The van der Waals surface area contributed by atoms with Crippen LogP contribution in [0.5, 0.6) is 0 Å². The molecular weight excluding hydrogens is 312 g/mol. The second-order valence-corrected chi connectivity index (χ2v) is 4.28. The largest absolute Gasteiger partial charge is 1.00 e. The molecule has 0 unspecified atom stereocenters. The van der Waals surface area contributed by atoms with Crippen molar-refractivity contribution >= 4 is 5.78 Å². The highest BCUT2D eigenvalue weighted by Gasteiger charge is 2.06. The number of ketones is 1. The molecule has 0 saturated heterocycles. The normalized spacial score (nSPS) is 10.2. The summed E-state index contributed by atoms with van der Waals surface area (Å²) in [6.45, 7) is 1.43. The zero-order valence-corrected chi connectivity index (χ0v) is 12.4. The summed E-state index contributed by atoms with van der Waals surface area (Å²) in [5, 5.41) is 10.8. The Morgan fingerprint density at radius 3 is 2.79 bits per heavy atom. The summed E-state index contributed by atoms with van der Waals surface area (Å²) in [7, 11) is 1.96. The van der Waals surface area contributed by atoms with E-state index in [1.165, 1.54) is 0 Å². The number of halogens is 1. The Morgan fingerprint density at radius 2 is 2.16 bits per heavy atom. The van der Waals surface area contributed by atoms with Crippen LogP contribution in [0, 0.1) is 0 Å². The van der Waals surface area contributed by atoms with Crippen molar-refractivity contribution in [3.8, 4) is 0 Å². The SMILES string of the molecule is C[n+]1ccn(CCC(=O)CCCn2cnnn2)c1.[Br-]. The summed E-state index contributed by atoms with van der Waals surface area (Å²) in [6, 6.07) is 0. The van der Waals surface area contributed by atoms with Gasteiger partial charge in [-0.2, -0.15) is 0 Å². The molecule has 0 bridgehead atoms. The molecule has 0 aliphatic heterocycles. The van der Waals surface area contributed by atoms with Crippen LogP contribution in [0.25, 0.3) is 0 Å². The first kappa shape index (κ1) is 15.5. The molecule has 0 saturated carbocycles. The van der Waals surface area contributed by atoms with Crippen LogP contribution in [0.15, 0.2) is 25.0 Å². The third-order valence-electron chi connectivity index (χ3n) is 2.71. The molecule has 0 aliphatic carbocycles. The Balaban J connectivity index is 0.00000180. The highest BCUT2D eigenvalue weighted by atomic mass is 79.9. The first-order chi connectivity index (χ1) is 8.74. The summed E-state index contributed by atoms with van der Waals surface area (Å²) in [6.07, 6.45) is 9.38. The highest BCUT2D eigenvalue weighted by Crippen LogP contribution is 1.99. The first-order valence-corrected chi connectivity index (χ1v) is 5.97. The van der Waals surface area contributed by atoms with Crippen LogP contribution >= 0.6 is 0 Å². The van der Waals surface area contributed by atoms with Crippen LogP contribution < -0.4 is 21.5 Å². The van der Waals surface area contributed by atoms with E-state index in [4.69, 9.17) is 0 Å². The second-order valence-electron chi connectivity index (χ2n) is 4.28. The lowest BCUT2D eigenvalue weighted by Crippen LogP contribution is -3.00. The topological polar surface area (TPSA) is 69.5 Å². The van der Waals surface area contributed by atoms with E-state index in [1.807, 2.05) is 34.9 Å². The molecule has 7 nitrogen and oxygen atoms in total. The van der Waals surface area contributed by atoms with Gasteiger partial charge in [0, 0.05) is 19.4 Å². The van der Waals surface area contributed by atoms with E-state index in [0.29, 0.717) is 19.4 Å². The predicted molar refractivity (Wildman–Crippen MR) is 62.3 cm³/mol. The third-order valence-corrected chi connectivity index (χ3v) is 2.71. The molecule has 0 spiro atoms.